The van der Waals surface area contributed by atoms with E-state index >= 15 is 0 Å². The molecule has 0 atom stereocenters. The van der Waals surface area contributed by atoms with Gasteiger partial charge in [-0.1, -0.05) is 0 Å². The van der Waals surface area contributed by atoms with Gasteiger partial charge in [-0.25, -0.2) is 0 Å². The molecule has 1 N–H and O–H groups in total. The Labute approximate surface area is 63.8 Å². The number of nitrogens with zero attached hydrogens (tertiary/aromatic N) is 1. The van der Waals surface area contributed by atoms with Crippen molar-refractivity contribution in [2.24, 2.45) is 0 Å². The van der Waals surface area contributed by atoms with E-state index in [1.54, 1.807) is 0 Å². The molecule has 0 spiro atoms. The second-order valence-electron chi connectivity index (χ2n) is 1.52. The van der Waals surface area contributed by atoms with Crippen LogP contribution in [0, 0.1) is 10.1 Å². The number of rotatable bonds is 1. The summed E-state index contributed by atoms with van der Waals surface area (Å²) in [6.07, 6.45) is 0.639. The van der Waals surface area contributed by atoms with Crippen molar-refractivity contribution in [2.75, 3.05) is 18.2 Å². The lowest BCUT2D eigenvalue weighted by molar-refractivity contribution is -0.401. The van der Waals surface area contributed by atoms with Crippen LogP contribution in [-0.4, -0.2) is 23.1 Å². The lowest BCUT2D eigenvalue weighted by Gasteiger charge is -1.74. The van der Waals surface area contributed by atoms with Gasteiger partial charge in [-0.15, -0.1) is 11.8 Å². The Bertz CT molecular complexity index is 107. The molecule has 0 aliphatic carbocycles. The third-order valence-electron chi connectivity index (χ3n) is 0.776. The van der Waals surface area contributed by atoms with E-state index in [1.807, 2.05) is 11.8 Å². The van der Waals surface area contributed by atoms with E-state index < -0.39 is 4.92 Å². The lowest BCUT2D eigenvalue weighted by Crippen LogP contribution is -2.04. The van der Waals surface area contributed by atoms with Gasteiger partial charge in [0.2, 0.25) is 6.20 Å². The zero-order valence-electron chi connectivity index (χ0n) is 5.58. The topological polar surface area (TPSA) is 55.2 Å². The van der Waals surface area contributed by atoms with Crippen LogP contribution in [0.15, 0.2) is 12.8 Å². The molecule has 5 heteroatoms. The first kappa shape index (κ1) is 9.45. The van der Waals surface area contributed by atoms with E-state index in [1.165, 1.54) is 18.2 Å². The minimum Gasteiger partial charge on any atom is -0.307 e. The van der Waals surface area contributed by atoms with Crippen molar-refractivity contribution in [2.45, 2.75) is 0 Å². The molecule has 0 saturated carbocycles. The van der Waals surface area contributed by atoms with E-state index in [0.29, 0.717) is 6.20 Å². The summed E-state index contributed by atoms with van der Waals surface area (Å²) in [6, 6.07) is 0. The van der Waals surface area contributed by atoms with Crippen LogP contribution in [-0.2, 0) is 0 Å². The highest BCUT2D eigenvalue weighted by molar-refractivity contribution is 7.99. The summed E-state index contributed by atoms with van der Waals surface area (Å²) in [7, 11) is 0. The smallest absolute Gasteiger partial charge is 0.227 e. The molecule has 0 unspecified atom stereocenters. The first-order chi connectivity index (χ1) is 4.77. The van der Waals surface area contributed by atoms with Crippen LogP contribution in [0.4, 0.5) is 0 Å². The third-order valence-corrected chi connectivity index (χ3v) is 1.68. The molecule has 1 fully saturated rings. The van der Waals surface area contributed by atoms with Crippen LogP contribution in [0.1, 0.15) is 0 Å². The number of nitrogens with one attached hydrogen (secondary N) is 1. The molecule has 0 amide bonds. The maximum atomic E-state index is 9.06. The fraction of sp³-hybridized carbons (Fsp3) is 0.600. The fourth-order valence-corrected chi connectivity index (χ4v) is 1.08. The SMILES string of the molecule is C1CSCN1.C=C[N+](=O)[O-]. The van der Waals surface area contributed by atoms with E-state index in [0.717, 1.165) is 0 Å². The van der Waals surface area contributed by atoms with Crippen LogP contribution in [0.3, 0.4) is 0 Å². The van der Waals surface area contributed by atoms with Crippen LogP contribution >= 0.6 is 11.8 Å². The number of hydrogen-bond acceptors (Lipinski definition) is 4. The lowest BCUT2D eigenvalue weighted by atomic mass is 10.8. The molecule has 4 nitrogen and oxygen atoms in total. The van der Waals surface area contributed by atoms with Crippen molar-refractivity contribution in [3.05, 3.63) is 22.9 Å². The minimum absolute atomic E-state index is 0.611. The molecule has 58 valence electrons. The van der Waals surface area contributed by atoms with E-state index in [-0.39, 0.29) is 0 Å². The van der Waals surface area contributed by atoms with E-state index in [4.69, 9.17) is 10.1 Å². The molecular weight excluding hydrogens is 152 g/mol. The van der Waals surface area contributed by atoms with Crippen molar-refractivity contribution >= 4 is 11.8 Å². The average Bonchev–Trinajstić information content (AvgIpc) is 2.43. The molecule has 1 saturated heterocycles. The highest BCUT2D eigenvalue weighted by atomic mass is 32.2. The summed E-state index contributed by atoms with van der Waals surface area (Å²) < 4.78 is 0. The first-order valence-corrected chi connectivity index (χ1v) is 3.97. The maximum absolute atomic E-state index is 9.06. The van der Waals surface area contributed by atoms with Gasteiger partial charge in [0, 0.05) is 18.2 Å². The van der Waals surface area contributed by atoms with Crippen molar-refractivity contribution < 1.29 is 4.92 Å². The summed E-state index contributed by atoms with van der Waals surface area (Å²) in [5.74, 6) is 2.47. The molecular formula is C5H10N2O2S. The van der Waals surface area contributed by atoms with Crippen molar-refractivity contribution in [1.29, 1.82) is 0 Å². The minimum atomic E-state index is -0.611. The number of hydrogen-bond donors (Lipinski definition) is 1. The molecule has 1 heterocycles. The zero-order valence-corrected chi connectivity index (χ0v) is 6.39. The van der Waals surface area contributed by atoms with Gasteiger partial charge in [0.25, 0.3) is 0 Å². The molecule has 0 aromatic carbocycles. The standard InChI is InChI=1S/C3H7NS.C2H3NO2/c1-2-5-3-4-1;1-2-3(4)5/h4H,1-3H2;2H,1H2. The van der Waals surface area contributed by atoms with E-state index in [2.05, 4.69) is 11.9 Å². The molecule has 1 rings (SSSR count). The molecule has 0 bridgehead atoms. The summed E-state index contributed by atoms with van der Waals surface area (Å²) in [5.41, 5.74) is 0. The third kappa shape index (κ3) is 7.45. The van der Waals surface area contributed by atoms with Gasteiger partial charge in [0.05, 0.1) is 4.92 Å². The van der Waals surface area contributed by atoms with Crippen molar-refractivity contribution in [3.63, 3.8) is 0 Å². The Morgan fingerprint density at radius 1 is 1.80 bits per heavy atom. The van der Waals surface area contributed by atoms with Crippen molar-refractivity contribution in [1.82, 2.24) is 5.32 Å². The second-order valence-corrected chi connectivity index (χ2v) is 2.63. The Kier molecular flexibility index (Phi) is 6.21. The zero-order chi connectivity index (χ0) is 7.82. The fourth-order valence-electron chi connectivity index (χ4n) is 0.361. The van der Waals surface area contributed by atoms with Gasteiger partial charge in [-0.05, 0) is 6.58 Å². The Hall–Kier alpha value is -0.550. The molecule has 1 aliphatic rings. The number of thioether (sulfide) groups is 1. The van der Waals surface area contributed by atoms with Crippen molar-refractivity contribution in [3.8, 4) is 0 Å². The molecule has 0 aromatic heterocycles. The van der Waals surface area contributed by atoms with Crippen LogP contribution < -0.4 is 5.32 Å². The van der Waals surface area contributed by atoms with Gasteiger partial charge in [0.15, 0.2) is 0 Å². The first-order valence-electron chi connectivity index (χ1n) is 2.82. The largest absolute Gasteiger partial charge is 0.307 e. The van der Waals surface area contributed by atoms with Crippen LogP contribution in [0.2, 0.25) is 0 Å². The van der Waals surface area contributed by atoms with E-state index in [9.17, 15) is 0 Å². The Balaban J connectivity index is 0.000000162. The quantitative estimate of drug-likeness (QED) is 0.455. The number of nitro groups is 1. The summed E-state index contributed by atoms with van der Waals surface area (Å²) >= 11 is 1.96. The van der Waals surface area contributed by atoms with Gasteiger partial charge < -0.3 is 5.32 Å². The highest BCUT2D eigenvalue weighted by Crippen LogP contribution is 1.99. The molecule has 10 heavy (non-hydrogen) atoms. The van der Waals surface area contributed by atoms with Crippen LogP contribution in [0.5, 0.6) is 0 Å². The maximum Gasteiger partial charge on any atom is 0.227 e. The summed E-state index contributed by atoms with van der Waals surface area (Å²) in [6.45, 7) is 4.07. The second kappa shape index (κ2) is 6.57. The summed E-state index contributed by atoms with van der Waals surface area (Å²) in [5, 5.41) is 12.2. The molecule has 1 aliphatic heterocycles. The molecule has 0 aromatic rings. The van der Waals surface area contributed by atoms with Gasteiger partial charge in [0.1, 0.15) is 0 Å². The Morgan fingerprint density at radius 2 is 2.40 bits per heavy atom. The van der Waals surface area contributed by atoms with Gasteiger partial charge in [-0.3, -0.25) is 10.1 Å². The predicted molar refractivity (Wildman–Crippen MR) is 42.5 cm³/mol. The normalized spacial score (nSPS) is 15.2. The molecule has 0 radical (unpaired) electrons. The van der Waals surface area contributed by atoms with Gasteiger partial charge >= 0.3 is 0 Å². The Morgan fingerprint density at radius 3 is 2.50 bits per heavy atom. The predicted octanol–water partition coefficient (Wildman–Crippen LogP) is 0.687. The average molecular weight is 162 g/mol. The monoisotopic (exact) mass is 162 g/mol. The summed E-state index contributed by atoms with van der Waals surface area (Å²) in [4.78, 5) is 8.44. The highest BCUT2D eigenvalue weighted by Gasteiger charge is 1.93. The van der Waals surface area contributed by atoms with Gasteiger partial charge in [-0.2, -0.15) is 0 Å². The van der Waals surface area contributed by atoms with Crippen LogP contribution in [0.25, 0.3) is 0 Å².